The molecule has 0 saturated heterocycles. The SMILES string of the molecule is CCCN(CCC)C(=O)CNS(=O)(=O)c1ccc(F)cc1C. The second-order valence-corrected chi connectivity index (χ2v) is 6.85. The van der Waals surface area contributed by atoms with Gasteiger partial charge in [0, 0.05) is 13.1 Å². The lowest BCUT2D eigenvalue weighted by molar-refractivity contribution is -0.130. The van der Waals surface area contributed by atoms with Crippen molar-refractivity contribution in [2.24, 2.45) is 0 Å². The molecule has 7 heteroatoms. The topological polar surface area (TPSA) is 66.5 Å². The summed E-state index contributed by atoms with van der Waals surface area (Å²) < 4.78 is 39.7. The van der Waals surface area contributed by atoms with Gasteiger partial charge in [0.1, 0.15) is 5.82 Å². The van der Waals surface area contributed by atoms with Crippen molar-refractivity contribution in [1.29, 1.82) is 0 Å². The zero-order valence-corrected chi connectivity index (χ0v) is 14.0. The Morgan fingerprint density at radius 2 is 1.82 bits per heavy atom. The van der Waals surface area contributed by atoms with E-state index in [1.54, 1.807) is 4.90 Å². The highest BCUT2D eigenvalue weighted by atomic mass is 32.2. The van der Waals surface area contributed by atoms with Gasteiger partial charge in [0.15, 0.2) is 0 Å². The predicted molar refractivity (Wildman–Crippen MR) is 83.5 cm³/mol. The summed E-state index contributed by atoms with van der Waals surface area (Å²) in [5.41, 5.74) is 0.305. The van der Waals surface area contributed by atoms with Crippen LogP contribution >= 0.6 is 0 Å². The van der Waals surface area contributed by atoms with Gasteiger partial charge in [-0.3, -0.25) is 4.79 Å². The number of aryl methyl sites for hydroxylation is 1. The molecule has 124 valence electrons. The molecule has 1 amide bonds. The van der Waals surface area contributed by atoms with Crippen molar-refractivity contribution >= 4 is 15.9 Å². The average Bonchev–Trinajstić information content (AvgIpc) is 2.44. The number of nitrogens with zero attached hydrogens (tertiary/aromatic N) is 1. The van der Waals surface area contributed by atoms with E-state index in [0.29, 0.717) is 18.7 Å². The number of rotatable bonds is 8. The number of hydrogen-bond acceptors (Lipinski definition) is 3. The van der Waals surface area contributed by atoms with Gasteiger partial charge in [-0.2, -0.15) is 0 Å². The van der Waals surface area contributed by atoms with Gasteiger partial charge in [-0.25, -0.2) is 17.5 Å². The third kappa shape index (κ3) is 5.06. The first-order chi connectivity index (χ1) is 10.3. The summed E-state index contributed by atoms with van der Waals surface area (Å²) in [5.74, 6) is -0.753. The highest BCUT2D eigenvalue weighted by Gasteiger charge is 2.20. The maximum atomic E-state index is 13.0. The van der Waals surface area contributed by atoms with Crippen LogP contribution in [0.1, 0.15) is 32.3 Å². The molecule has 0 bridgehead atoms. The molecule has 0 unspecified atom stereocenters. The van der Waals surface area contributed by atoms with Crippen LogP contribution in [0.3, 0.4) is 0 Å². The smallest absolute Gasteiger partial charge is 0.241 e. The summed E-state index contributed by atoms with van der Waals surface area (Å²) in [5, 5.41) is 0. The predicted octanol–water partition coefficient (Wildman–Crippen LogP) is 2.06. The van der Waals surface area contributed by atoms with Crippen LogP contribution in [-0.4, -0.2) is 38.9 Å². The van der Waals surface area contributed by atoms with Gasteiger partial charge in [-0.15, -0.1) is 0 Å². The van der Waals surface area contributed by atoms with Gasteiger partial charge in [0.05, 0.1) is 11.4 Å². The van der Waals surface area contributed by atoms with Crippen molar-refractivity contribution in [2.45, 2.75) is 38.5 Å². The molecule has 0 aromatic heterocycles. The van der Waals surface area contributed by atoms with E-state index in [1.807, 2.05) is 13.8 Å². The number of halogens is 1. The number of benzene rings is 1. The Labute approximate surface area is 131 Å². The molecule has 0 heterocycles. The normalized spacial score (nSPS) is 11.5. The Hall–Kier alpha value is -1.47. The Morgan fingerprint density at radius 3 is 2.32 bits per heavy atom. The summed E-state index contributed by atoms with van der Waals surface area (Å²) in [4.78, 5) is 13.7. The number of hydrogen-bond donors (Lipinski definition) is 1. The molecule has 0 spiro atoms. The molecule has 0 radical (unpaired) electrons. The van der Waals surface area contributed by atoms with E-state index in [2.05, 4.69) is 4.72 Å². The molecule has 1 N–H and O–H groups in total. The Morgan fingerprint density at radius 1 is 1.23 bits per heavy atom. The fourth-order valence-corrected chi connectivity index (χ4v) is 3.36. The second-order valence-electron chi connectivity index (χ2n) is 5.12. The molecule has 0 aliphatic heterocycles. The van der Waals surface area contributed by atoms with Gasteiger partial charge in [0.25, 0.3) is 0 Å². The van der Waals surface area contributed by atoms with Gasteiger partial charge in [-0.05, 0) is 43.5 Å². The second kappa shape index (κ2) is 8.24. The fourth-order valence-electron chi connectivity index (χ4n) is 2.16. The number of carbonyl (C=O) groups is 1. The molecular formula is C15H23FN2O3S. The van der Waals surface area contributed by atoms with Crippen molar-refractivity contribution < 1.29 is 17.6 Å². The van der Waals surface area contributed by atoms with E-state index >= 15 is 0 Å². The third-order valence-corrected chi connectivity index (χ3v) is 4.74. The molecule has 1 aromatic rings. The van der Waals surface area contributed by atoms with Crippen molar-refractivity contribution in [2.75, 3.05) is 19.6 Å². The minimum Gasteiger partial charge on any atom is -0.342 e. The first kappa shape index (κ1) is 18.6. The highest BCUT2D eigenvalue weighted by molar-refractivity contribution is 7.89. The molecule has 0 aliphatic rings. The van der Waals surface area contributed by atoms with Crippen LogP contribution in [0, 0.1) is 12.7 Å². The van der Waals surface area contributed by atoms with E-state index in [1.165, 1.54) is 13.0 Å². The van der Waals surface area contributed by atoms with Crippen LogP contribution in [0.25, 0.3) is 0 Å². The van der Waals surface area contributed by atoms with E-state index in [4.69, 9.17) is 0 Å². The van der Waals surface area contributed by atoms with Crippen molar-refractivity contribution in [3.05, 3.63) is 29.6 Å². The molecule has 0 fully saturated rings. The Balaban J connectivity index is 2.78. The van der Waals surface area contributed by atoms with Gasteiger partial charge < -0.3 is 4.90 Å². The van der Waals surface area contributed by atoms with E-state index < -0.39 is 15.8 Å². The van der Waals surface area contributed by atoms with Crippen LogP contribution in [0.5, 0.6) is 0 Å². The Bertz CT molecular complexity index is 611. The molecular weight excluding hydrogens is 307 g/mol. The number of sulfonamides is 1. The monoisotopic (exact) mass is 330 g/mol. The van der Waals surface area contributed by atoms with Crippen LogP contribution in [0.2, 0.25) is 0 Å². The number of carbonyl (C=O) groups excluding carboxylic acids is 1. The molecule has 0 saturated carbocycles. The minimum atomic E-state index is -3.83. The average molecular weight is 330 g/mol. The third-order valence-electron chi connectivity index (χ3n) is 3.18. The molecule has 22 heavy (non-hydrogen) atoms. The van der Waals surface area contributed by atoms with Gasteiger partial charge in [-0.1, -0.05) is 13.8 Å². The van der Waals surface area contributed by atoms with Crippen LogP contribution < -0.4 is 4.72 Å². The number of nitrogens with one attached hydrogen (secondary N) is 1. The first-order valence-electron chi connectivity index (χ1n) is 7.35. The molecule has 1 rings (SSSR count). The summed E-state index contributed by atoms with van der Waals surface area (Å²) in [6.45, 7) is 6.34. The lowest BCUT2D eigenvalue weighted by Crippen LogP contribution is -2.41. The molecule has 0 aliphatic carbocycles. The van der Waals surface area contributed by atoms with Crippen molar-refractivity contribution in [3.63, 3.8) is 0 Å². The standard InChI is InChI=1S/C15H23FN2O3S/c1-4-8-18(9-5-2)15(19)11-17-22(20,21)14-7-6-13(16)10-12(14)3/h6-7,10,17H,4-5,8-9,11H2,1-3H3. The first-order valence-corrected chi connectivity index (χ1v) is 8.83. The Kier molecular flexibility index (Phi) is 6.96. The lowest BCUT2D eigenvalue weighted by atomic mass is 10.2. The summed E-state index contributed by atoms with van der Waals surface area (Å²) >= 11 is 0. The lowest BCUT2D eigenvalue weighted by Gasteiger charge is -2.21. The van der Waals surface area contributed by atoms with Crippen LogP contribution in [0.4, 0.5) is 4.39 Å². The summed E-state index contributed by atoms with van der Waals surface area (Å²) in [6.07, 6.45) is 1.63. The molecule has 5 nitrogen and oxygen atoms in total. The van der Waals surface area contributed by atoms with Crippen LogP contribution in [-0.2, 0) is 14.8 Å². The van der Waals surface area contributed by atoms with Crippen LogP contribution in [0.15, 0.2) is 23.1 Å². The van der Waals surface area contributed by atoms with Crippen molar-refractivity contribution in [3.8, 4) is 0 Å². The van der Waals surface area contributed by atoms with E-state index in [9.17, 15) is 17.6 Å². The van der Waals surface area contributed by atoms with Gasteiger partial charge >= 0.3 is 0 Å². The quantitative estimate of drug-likeness (QED) is 0.793. The molecule has 1 aromatic carbocycles. The highest BCUT2D eigenvalue weighted by Crippen LogP contribution is 2.15. The van der Waals surface area contributed by atoms with Gasteiger partial charge in [0.2, 0.25) is 15.9 Å². The minimum absolute atomic E-state index is 0.0146. The zero-order chi connectivity index (χ0) is 16.8. The van der Waals surface area contributed by atoms with E-state index in [0.717, 1.165) is 25.0 Å². The zero-order valence-electron chi connectivity index (χ0n) is 13.2. The van der Waals surface area contributed by atoms with Crippen molar-refractivity contribution in [1.82, 2.24) is 9.62 Å². The maximum Gasteiger partial charge on any atom is 0.241 e. The molecule has 0 atom stereocenters. The maximum absolute atomic E-state index is 13.0. The summed E-state index contributed by atoms with van der Waals surface area (Å²) in [7, 11) is -3.83. The van der Waals surface area contributed by atoms with E-state index in [-0.39, 0.29) is 17.3 Å². The summed E-state index contributed by atoms with van der Waals surface area (Å²) in [6, 6.07) is 3.44. The fraction of sp³-hybridized carbons (Fsp3) is 0.533. The largest absolute Gasteiger partial charge is 0.342 e. The number of amides is 1.